The van der Waals surface area contributed by atoms with Crippen LogP contribution in [0.25, 0.3) is 33.2 Å². The molecule has 0 aliphatic rings. The van der Waals surface area contributed by atoms with Crippen molar-refractivity contribution in [3.8, 4) is 11.3 Å². The monoisotopic (exact) mass is 520 g/mol. The largest absolute Gasteiger partial charge is 0.501 e. The van der Waals surface area contributed by atoms with Gasteiger partial charge >= 0.3 is 0 Å². The molecule has 0 aliphatic heterocycles. The summed E-state index contributed by atoms with van der Waals surface area (Å²) < 4.78 is 44.5. The van der Waals surface area contributed by atoms with Crippen molar-refractivity contribution < 1.29 is 41.6 Å². The molecule has 133 valence electrons. The maximum absolute atomic E-state index is 8.20. The first-order chi connectivity index (χ1) is 13.9. The number of rotatable bonds is 1. The van der Waals surface area contributed by atoms with Gasteiger partial charge in [-0.25, -0.2) is 0 Å². The fourth-order valence-corrected chi connectivity index (χ4v) is 2.31. The molecule has 1 radical (unpaired) electrons. The van der Waals surface area contributed by atoms with E-state index < -0.39 is 6.85 Å². The predicted molar refractivity (Wildman–Crippen MR) is 96.8 cm³/mol. The molecule has 2 heterocycles. The van der Waals surface area contributed by atoms with Gasteiger partial charge in [0.05, 0.1) is 8.32 Å². The van der Waals surface area contributed by atoms with E-state index in [2.05, 4.69) is 11.1 Å². The first kappa shape index (κ1) is 14.2. The van der Waals surface area contributed by atoms with E-state index in [4.69, 9.17) is 21.5 Å². The molecule has 0 fully saturated rings. The number of hydrogen-bond donors (Lipinski definition) is 2. The number of benzene rings is 2. The normalized spacial score (nSPS) is 12.9. The molecule has 4 aromatic rings. The third-order valence-corrected chi connectivity index (χ3v) is 3.21. The molecule has 25 heavy (non-hydrogen) atoms. The zero-order valence-electron chi connectivity index (χ0n) is 18.6. The summed E-state index contributed by atoms with van der Waals surface area (Å²) in [7, 11) is 2.00. The Hall–Kier alpha value is -2.04. The Morgan fingerprint density at radius 3 is 2.60 bits per heavy atom. The quantitative estimate of drug-likeness (QED) is 0.374. The van der Waals surface area contributed by atoms with E-state index >= 15 is 0 Å². The molecule has 4 nitrogen and oxygen atoms in total. The number of aryl methyl sites for hydroxylation is 1. The van der Waals surface area contributed by atoms with Crippen molar-refractivity contribution in [1.82, 2.24) is 4.98 Å². The Bertz CT molecular complexity index is 1130. The fraction of sp³-hybridized carbons (Fsp3) is 0.150. The summed E-state index contributed by atoms with van der Waals surface area (Å²) >= 11 is 0. The van der Waals surface area contributed by atoms with Gasteiger partial charge in [0.1, 0.15) is 5.58 Å². The van der Waals surface area contributed by atoms with Crippen LogP contribution in [0.4, 0.5) is 0 Å². The second-order valence-electron chi connectivity index (χ2n) is 4.46. The minimum atomic E-state index is -2.48. The van der Waals surface area contributed by atoms with Gasteiger partial charge in [-0.05, 0) is 24.2 Å². The molecular weight excluding hydrogens is 494 g/mol. The molecule has 0 atom stereocenters. The smallest absolute Gasteiger partial charge is 0.120 e. The minimum Gasteiger partial charge on any atom is -0.501 e. The molecule has 5 heteroatoms. The molecule has 4 rings (SSSR count). The van der Waals surface area contributed by atoms with E-state index in [1.807, 2.05) is 30.3 Å². The molecule has 0 saturated heterocycles. The SMILES string of the molecule is CO.CO.[2H]c1c(C([2H])([2H])[2H])cnc(-c2[c-]ccc3c2oc2ccccc23)c1[2H].[Ir]. The summed E-state index contributed by atoms with van der Waals surface area (Å²) in [6.07, 6.45) is 1.14. The van der Waals surface area contributed by atoms with Crippen LogP contribution in [0, 0.1) is 12.9 Å². The second kappa shape index (κ2) is 10.1. The summed E-state index contributed by atoms with van der Waals surface area (Å²) in [6.45, 7) is -2.48. The number of furan rings is 1. The maximum atomic E-state index is 8.20. The van der Waals surface area contributed by atoms with E-state index in [1.165, 1.54) is 0 Å². The molecular formula is C20H20IrNO3-. The van der Waals surface area contributed by atoms with Crippen LogP contribution >= 0.6 is 0 Å². The molecule has 0 saturated carbocycles. The average Bonchev–Trinajstić information content (AvgIpc) is 3.11. The van der Waals surface area contributed by atoms with Gasteiger partial charge in [0.25, 0.3) is 0 Å². The second-order valence-corrected chi connectivity index (χ2v) is 4.46. The number of aliphatic hydroxyl groups is 2. The zero-order valence-corrected chi connectivity index (χ0v) is 16.0. The average molecular weight is 520 g/mol. The molecule has 0 bridgehead atoms. The van der Waals surface area contributed by atoms with Gasteiger partial charge in [-0.15, -0.1) is 18.2 Å². The van der Waals surface area contributed by atoms with Crippen LogP contribution in [0.15, 0.2) is 59.1 Å². The van der Waals surface area contributed by atoms with Crippen LogP contribution in [0.3, 0.4) is 0 Å². The van der Waals surface area contributed by atoms with Crippen LogP contribution in [0.2, 0.25) is 0 Å². The Balaban J connectivity index is 0.000000851. The topological polar surface area (TPSA) is 66.5 Å². The van der Waals surface area contributed by atoms with E-state index in [1.54, 1.807) is 6.07 Å². The third-order valence-electron chi connectivity index (χ3n) is 3.21. The van der Waals surface area contributed by atoms with Gasteiger partial charge in [-0.1, -0.05) is 41.2 Å². The van der Waals surface area contributed by atoms with Crippen molar-refractivity contribution in [2.24, 2.45) is 0 Å². The van der Waals surface area contributed by atoms with Gasteiger partial charge in [0.2, 0.25) is 0 Å². The number of para-hydroxylation sites is 1. The minimum absolute atomic E-state index is 0. The number of pyridine rings is 1. The van der Waals surface area contributed by atoms with Crippen molar-refractivity contribution in [3.63, 3.8) is 0 Å². The predicted octanol–water partition coefficient (Wildman–Crippen LogP) is 3.97. The Morgan fingerprint density at radius 1 is 1.08 bits per heavy atom. The van der Waals surface area contributed by atoms with E-state index in [-0.39, 0.29) is 43.4 Å². The van der Waals surface area contributed by atoms with Crippen LogP contribution in [-0.4, -0.2) is 29.4 Å². The van der Waals surface area contributed by atoms with E-state index in [9.17, 15) is 0 Å². The summed E-state index contributed by atoms with van der Waals surface area (Å²) in [5, 5.41) is 15.8. The number of nitrogens with zero attached hydrogens (tertiary/aromatic N) is 1. The van der Waals surface area contributed by atoms with Crippen molar-refractivity contribution >= 4 is 21.9 Å². The van der Waals surface area contributed by atoms with Crippen molar-refractivity contribution in [1.29, 1.82) is 0 Å². The van der Waals surface area contributed by atoms with Crippen molar-refractivity contribution in [2.75, 3.05) is 14.2 Å². The number of hydrogen-bond acceptors (Lipinski definition) is 4. The molecule has 0 amide bonds. The van der Waals surface area contributed by atoms with Crippen molar-refractivity contribution in [3.05, 3.63) is 66.3 Å². The first-order valence-electron chi connectivity index (χ1n) is 9.56. The van der Waals surface area contributed by atoms with Gasteiger partial charge < -0.3 is 19.6 Å². The Kier molecular flexibility index (Phi) is 5.70. The van der Waals surface area contributed by atoms with Gasteiger partial charge in [-0.2, -0.15) is 0 Å². The maximum Gasteiger partial charge on any atom is 0.120 e. The first-order valence-corrected chi connectivity index (χ1v) is 7.06. The van der Waals surface area contributed by atoms with Gasteiger partial charge in [0, 0.05) is 50.0 Å². The summed E-state index contributed by atoms with van der Waals surface area (Å²) in [5.74, 6) is 0. The van der Waals surface area contributed by atoms with Crippen LogP contribution in [0.5, 0.6) is 0 Å². The Morgan fingerprint density at radius 2 is 1.84 bits per heavy atom. The van der Waals surface area contributed by atoms with Crippen LogP contribution in [-0.2, 0) is 20.1 Å². The molecule has 0 spiro atoms. The zero-order chi connectivity index (χ0) is 21.8. The number of aliphatic hydroxyl groups excluding tert-OH is 2. The molecule has 0 aliphatic carbocycles. The molecule has 0 unspecified atom stereocenters. The molecule has 2 aromatic heterocycles. The van der Waals surface area contributed by atoms with Crippen LogP contribution < -0.4 is 0 Å². The fourth-order valence-electron chi connectivity index (χ4n) is 2.31. The molecule has 2 aromatic carbocycles. The van der Waals surface area contributed by atoms with E-state index in [0.29, 0.717) is 16.7 Å². The number of fused-ring (bicyclic) bond motifs is 3. The van der Waals surface area contributed by atoms with Crippen molar-refractivity contribution in [2.45, 2.75) is 6.85 Å². The number of aromatic nitrogens is 1. The Labute approximate surface area is 167 Å². The van der Waals surface area contributed by atoms with E-state index in [0.717, 1.165) is 31.2 Å². The standard InChI is InChI=1S/C18H12NO.2CH4O.Ir/c1-12-9-10-16(19-11-12)15-7-4-6-14-13-5-2-3-8-17(13)20-18(14)15;2*1-2;/h2-6,8-11H,1H3;2*2H,1H3;/q-1;;;/i1D3,9D,10D;;;. The molecule has 2 N–H and O–H groups in total. The van der Waals surface area contributed by atoms with Gasteiger partial charge in [0.15, 0.2) is 0 Å². The summed E-state index contributed by atoms with van der Waals surface area (Å²) in [5.41, 5.74) is 1.62. The third kappa shape index (κ3) is 4.33. The summed E-state index contributed by atoms with van der Waals surface area (Å²) in [4.78, 5) is 4.14. The van der Waals surface area contributed by atoms with Crippen LogP contribution in [0.1, 0.15) is 12.4 Å². The summed E-state index contributed by atoms with van der Waals surface area (Å²) in [6, 6.07) is 13.6. The van der Waals surface area contributed by atoms with Gasteiger partial charge in [-0.3, -0.25) is 0 Å².